The van der Waals surface area contributed by atoms with Gasteiger partial charge in [0.25, 0.3) is 0 Å². The second kappa shape index (κ2) is 10.7. The maximum Gasteiger partial charge on any atom is 0.338 e. The van der Waals surface area contributed by atoms with Gasteiger partial charge in [-0.2, -0.15) is 0 Å². The average molecular weight is 479 g/mol. The summed E-state index contributed by atoms with van der Waals surface area (Å²) >= 11 is 12.3. The lowest BCUT2D eigenvalue weighted by atomic mass is 10.00. The number of benzene rings is 2. The summed E-state index contributed by atoms with van der Waals surface area (Å²) < 4.78 is 9.69. The summed E-state index contributed by atoms with van der Waals surface area (Å²) in [5.74, 6) is -0.957. The van der Waals surface area contributed by atoms with Crippen LogP contribution in [0.5, 0.6) is 0 Å². The van der Waals surface area contributed by atoms with Gasteiger partial charge in [0.05, 0.1) is 26.2 Å². The molecule has 0 saturated carbocycles. The zero-order valence-electron chi connectivity index (χ0n) is 17.8. The zero-order valence-corrected chi connectivity index (χ0v) is 19.4. The molecule has 1 heterocycles. The molecule has 1 aliphatic rings. The first-order valence-corrected chi connectivity index (χ1v) is 10.8. The van der Waals surface area contributed by atoms with Gasteiger partial charge in [-0.15, -0.1) is 0 Å². The first-order valence-electron chi connectivity index (χ1n) is 10.0. The van der Waals surface area contributed by atoms with Gasteiger partial charge in [-0.3, -0.25) is 4.79 Å². The summed E-state index contributed by atoms with van der Waals surface area (Å²) in [4.78, 5) is 40.7. The predicted octanol–water partition coefficient (Wildman–Crippen LogP) is 4.40. The number of ether oxygens (including phenoxy) is 2. The fraction of sp³-hybridized carbons (Fsp3) is 0.348. The molecule has 170 valence electrons. The number of carbonyl (C=O) groups excluding carboxylic acids is 3. The minimum Gasteiger partial charge on any atom is -0.469 e. The van der Waals surface area contributed by atoms with Crippen LogP contribution in [-0.4, -0.2) is 55.1 Å². The van der Waals surface area contributed by atoms with Crippen molar-refractivity contribution in [2.24, 2.45) is 5.92 Å². The lowest BCUT2D eigenvalue weighted by Crippen LogP contribution is -2.53. The monoisotopic (exact) mass is 478 g/mol. The highest BCUT2D eigenvalue weighted by atomic mass is 35.5. The SMILES string of the molecule is COC(=O)CC1CN(Cc2ccc(Cl)cc2Cl)C(=O)N(Cc2ccccc2C(=O)OC)C1. The Morgan fingerprint density at radius 2 is 1.62 bits per heavy atom. The van der Waals surface area contributed by atoms with Crippen LogP contribution >= 0.6 is 23.2 Å². The first-order chi connectivity index (χ1) is 15.3. The van der Waals surface area contributed by atoms with E-state index in [0.717, 1.165) is 5.56 Å². The number of amides is 2. The second-order valence-corrected chi connectivity index (χ2v) is 8.42. The molecule has 7 nitrogen and oxygen atoms in total. The van der Waals surface area contributed by atoms with Crippen molar-refractivity contribution < 1.29 is 23.9 Å². The number of urea groups is 1. The Labute approximate surface area is 196 Å². The largest absolute Gasteiger partial charge is 0.469 e. The highest BCUT2D eigenvalue weighted by Gasteiger charge is 2.34. The number of rotatable bonds is 7. The molecule has 32 heavy (non-hydrogen) atoms. The molecule has 0 bridgehead atoms. The maximum absolute atomic E-state index is 13.3. The van der Waals surface area contributed by atoms with Gasteiger partial charge in [0.1, 0.15) is 0 Å². The quantitative estimate of drug-likeness (QED) is 0.551. The molecule has 1 atom stereocenters. The van der Waals surface area contributed by atoms with Gasteiger partial charge >= 0.3 is 18.0 Å². The van der Waals surface area contributed by atoms with Crippen molar-refractivity contribution in [2.45, 2.75) is 19.5 Å². The van der Waals surface area contributed by atoms with Gasteiger partial charge in [-0.05, 0) is 29.3 Å². The summed E-state index contributed by atoms with van der Waals surface area (Å²) in [6.07, 6.45) is 0.170. The van der Waals surface area contributed by atoms with E-state index >= 15 is 0 Å². The Bertz CT molecular complexity index is 1010. The smallest absolute Gasteiger partial charge is 0.338 e. The number of hydrogen-bond acceptors (Lipinski definition) is 5. The highest BCUT2D eigenvalue weighted by molar-refractivity contribution is 6.35. The number of nitrogens with zero attached hydrogens (tertiary/aromatic N) is 2. The van der Waals surface area contributed by atoms with Gasteiger partial charge in [0, 0.05) is 42.1 Å². The van der Waals surface area contributed by atoms with Crippen LogP contribution in [0.1, 0.15) is 27.9 Å². The van der Waals surface area contributed by atoms with Gasteiger partial charge in [0.2, 0.25) is 0 Å². The summed E-state index contributed by atoms with van der Waals surface area (Å²) in [6, 6.07) is 11.9. The number of carbonyl (C=O) groups is 3. The molecule has 1 aliphatic heterocycles. The molecule has 0 radical (unpaired) electrons. The van der Waals surface area contributed by atoms with E-state index in [9.17, 15) is 14.4 Å². The number of esters is 2. The van der Waals surface area contributed by atoms with Crippen molar-refractivity contribution >= 4 is 41.2 Å². The van der Waals surface area contributed by atoms with E-state index in [1.807, 2.05) is 0 Å². The molecule has 1 saturated heterocycles. The third kappa shape index (κ3) is 5.72. The molecule has 9 heteroatoms. The molecule has 0 aromatic heterocycles. The van der Waals surface area contributed by atoms with Crippen LogP contribution in [-0.2, 0) is 27.4 Å². The third-order valence-corrected chi connectivity index (χ3v) is 5.93. The molecule has 2 amide bonds. The molecule has 1 unspecified atom stereocenters. The van der Waals surface area contributed by atoms with Crippen LogP contribution in [0, 0.1) is 5.92 Å². The molecule has 0 N–H and O–H groups in total. The normalized spacial score (nSPS) is 16.1. The lowest BCUT2D eigenvalue weighted by Gasteiger charge is -2.40. The summed E-state index contributed by atoms with van der Waals surface area (Å²) in [5.41, 5.74) is 1.80. The summed E-state index contributed by atoms with van der Waals surface area (Å²) in [5, 5.41) is 0.969. The standard InChI is InChI=1S/C23H24Cl2N2O5/c1-31-21(28)9-15-11-26(13-16-5-3-4-6-19(16)22(29)32-2)23(30)27(12-15)14-17-7-8-18(24)10-20(17)25/h3-8,10,15H,9,11-14H2,1-2H3. The predicted molar refractivity (Wildman–Crippen MR) is 121 cm³/mol. The van der Waals surface area contributed by atoms with Crippen molar-refractivity contribution in [3.63, 3.8) is 0 Å². The topological polar surface area (TPSA) is 76.2 Å². The molecular weight excluding hydrogens is 455 g/mol. The van der Waals surface area contributed by atoms with Gasteiger partial charge < -0.3 is 19.3 Å². The fourth-order valence-electron chi connectivity index (χ4n) is 3.78. The van der Waals surface area contributed by atoms with Crippen molar-refractivity contribution in [3.05, 3.63) is 69.2 Å². The molecule has 0 spiro atoms. The van der Waals surface area contributed by atoms with E-state index in [1.54, 1.807) is 52.3 Å². The maximum atomic E-state index is 13.3. The fourth-order valence-corrected chi connectivity index (χ4v) is 4.25. The van der Waals surface area contributed by atoms with Crippen LogP contribution < -0.4 is 0 Å². The van der Waals surface area contributed by atoms with Crippen LogP contribution in [0.3, 0.4) is 0 Å². The molecule has 1 fully saturated rings. The van der Waals surface area contributed by atoms with E-state index in [-0.39, 0.29) is 37.4 Å². The van der Waals surface area contributed by atoms with Crippen molar-refractivity contribution in [3.8, 4) is 0 Å². The van der Waals surface area contributed by atoms with E-state index in [4.69, 9.17) is 32.7 Å². The highest BCUT2D eigenvalue weighted by Crippen LogP contribution is 2.27. The van der Waals surface area contributed by atoms with Crippen molar-refractivity contribution in [1.29, 1.82) is 0 Å². The van der Waals surface area contributed by atoms with Crippen LogP contribution in [0.4, 0.5) is 4.79 Å². The van der Waals surface area contributed by atoms with E-state index in [2.05, 4.69) is 0 Å². The average Bonchev–Trinajstić information content (AvgIpc) is 2.78. The molecule has 0 aliphatic carbocycles. The van der Waals surface area contributed by atoms with E-state index in [0.29, 0.717) is 34.3 Å². The molecule has 2 aromatic rings. The number of hydrogen-bond donors (Lipinski definition) is 0. The molecular formula is C23H24Cl2N2O5. The third-order valence-electron chi connectivity index (χ3n) is 5.34. The van der Waals surface area contributed by atoms with Gasteiger partial charge in [-0.25, -0.2) is 9.59 Å². The Morgan fingerprint density at radius 3 is 2.25 bits per heavy atom. The molecule has 3 rings (SSSR count). The van der Waals surface area contributed by atoms with Crippen molar-refractivity contribution in [1.82, 2.24) is 9.80 Å². The first kappa shape index (κ1) is 23.9. The van der Waals surface area contributed by atoms with E-state index in [1.165, 1.54) is 14.2 Å². The van der Waals surface area contributed by atoms with Crippen LogP contribution in [0.15, 0.2) is 42.5 Å². The lowest BCUT2D eigenvalue weighted by molar-refractivity contribution is -0.142. The van der Waals surface area contributed by atoms with Crippen LogP contribution in [0.25, 0.3) is 0 Å². The van der Waals surface area contributed by atoms with Crippen LogP contribution in [0.2, 0.25) is 10.0 Å². The number of methoxy groups -OCH3 is 2. The Morgan fingerprint density at radius 1 is 0.969 bits per heavy atom. The zero-order chi connectivity index (χ0) is 23.3. The minimum atomic E-state index is -0.471. The number of halogens is 2. The molecule has 2 aromatic carbocycles. The van der Waals surface area contributed by atoms with Gasteiger partial charge in [-0.1, -0.05) is 47.5 Å². The van der Waals surface area contributed by atoms with Crippen molar-refractivity contribution in [2.75, 3.05) is 27.3 Å². The minimum absolute atomic E-state index is 0.142. The van der Waals surface area contributed by atoms with E-state index < -0.39 is 5.97 Å². The summed E-state index contributed by atoms with van der Waals surface area (Å²) in [6.45, 7) is 1.20. The Balaban J connectivity index is 1.86. The summed E-state index contributed by atoms with van der Waals surface area (Å²) in [7, 11) is 2.65. The second-order valence-electron chi connectivity index (χ2n) is 7.57. The van der Waals surface area contributed by atoms with Gasteiger partial charge in [0.15, 0.2) is 0 Å². The Kier molecular flexibility index (Phi) is 7.99. The Hall–Kier alpha value is -2.77.